The van der Waals surface area contributed by atoms with Crippen molar-refractivity contribution < 1.29 is 4.79 Å². The molecule has 1 aliphatic carbocycles. The summed E-state index contributed by atoms with van der Waals surface area (Å²) < 4.78 is 2.28. The summed E-state index contributed by atoms with van der Waals surface area (Å²) in [7, 11) is 0. The molecule has 19 heavy (non-hydrogen) atoms. The van der Waals surface area contributed by atoms with Crippen LogP contribution in [0.3, 0.4) is 0 Å². The first-order valence-electron chi connectivity index (χ1n) is 7.34. The lowest BCUT2D eigenvalue weighted by molar-refractivity contribution is -0.121. The number of fused-ring (bicyclic) bond motifs is 1. The highest BCUT2D eigenvalue weighted by atomic mass is 16.1. The molecule has 1 heterocycles. The molecule has 0 saturated heterocycles. The molecular weight excluding hydrogens is 238 g/mol. The first kappa shape index (κ1) is 14.1. The second-order valence-electron chi connectivity index (χ2n) is 5.44. The van der Waals surface area contributed by atoms with E-state index >= 15 is 0 Å². The van der Waals surface area contributed by atoms with Gasteiger partial charge in [-0.25, -0.2) is 0 Å². The van der Waals surface area contributed by atoms with Gasteiger partial charge in [-0.2, -0.15) is 0 Å². The monoisotopic (exact) mass is 263 g/mol. The van der Waals surface area contributed by atoms with Gasteiger partial charge in [0.1, 0.15) is 0 Å². The maximum absolute atomic E-state index is 11.7. The van der Waals surface area contributed by atoms with Crippen LogP contribution in [-0.4, -0.2) is 17.0 Å². The maximum atomic E-state index is 11.7. The number of nitrogens with two attached hydrogens (primary N) is 1. The highest BCUT2D eigenvalue weighted by Gasteiger charge is 2.22. The summed E-state index contributed by atoms with van der Waals surface area (Å²) in [6.07, 6.45) is 4.86. The molecule has 0 aliphatic heterocycles. The minimum Gasteiger partial charge on any atom is -0.356 e. The number of nitrogens with one attached hydrogen (secondary N) is 1. The van der Waals surface area contributed by atoms with Crippen LogP contribution in [-0.2, 0) is 17.8 Å². The molecule has 3 N–H and O–H groups in total. The van der Waals surface area contributed by atoms with Crippen molar-refractivity contribution in [1.29, 1.82) is 0 Å². The normalized spacial score (nSPS) is 18.2. The standard InChI is InChI=1S/C15H25N3O/c1-3-8-17-15(19)7-9-18-11(2)10-12-13(16)5-4-6-14(12)18/h10,13H,3-9,16H2,1-2H3,(H,17,19). The molecule has 1 amide bonds. The Morgan fingerprint density at radius 3 is 3.11 bits per heavy atom. The van der Waals surface area contributed by atoms with Crippen LogP contribution < -0.4 is 11.1 Å². The van der Waals surface area contributed by atoms with E-state index in [1.807, 2.05) is 0 Å². The van der Waals surface area contributed by atoms with E-state index in [4.69, 9.17) is 5.73 Å². The molecule has 0 radical (unpaired) electrons. The number of carbonyl (C=O) groups excluding carboxylic acids is 1. The largest absolute Gasteiger partial charge is 0.356 e. The van der Waals surface area contributed by atoms with Crippen LogP contribution in [0.15, 0.2) is 6.07 Å². The van der Waals surface area contributed by atoms with Gasteiger partial charge in [0, 0.05) is 36.9 Å². The van der Waals surface area contributed by atoms with Crippen molar-refractivity contribution in [3.8, 4) is 0 Å². The van der Waals surface area contributed by atoms with E-state index in [9.17, 15) is 4.79 Å². The fourth-order valence-corrected chi connectivity index (χ4v) is 2.88. The van der Waals surface area contributed by atoms with Gasteiger partial charge in [-0.1, -0.05) is 6.92 Å². The minimum atomic E-state index is 0.142. The van der Waals surface area contributed by atoms with E-state index in [-0.39, 0.29) is 11.9 Å². The van der Waals surface area contributed by atoms with Crippen molar-refractivity contribution in [2.45, 2.75) is 58.5 Å². The summed E-state index contributed by atoms with van der Waals surface area (Å²) in [6, 6.07) is 2.38. The number of aromatic nitrogens is 1. The van der Waals surface area contributed by atoms with E-state index in [0.717, 1.165) is 38.8 Å². The number of aryl methyl sites for hydroxylation is 1. The lowest BCUT2D eigenvalue weighted by atomic mass is 9.93. The highest BCUT2D eigenvalue weighted by Crippen LogP contribution is 2.30. The number of rotatable bonds is 5. The Morgan fingerprint density at radius 2 is 2.37 bits per heavy atom. The van der Waals surface area contributed by atoms with Crippen LogP contribution in [0.5, 0.6) is 0 Å². The third-order valence-electron chi connectivity index (χ3n) is 3.91. The molecule has 1 unspecified atom stereocenters. The lowest BCUT2D eigenvalue weighted by Gasteiger charge is -2.21. The summed E-state index contributed by atoms with van der Waals surface area (Å²) in [6.45, 7) is 5.71. The van der Waals surface area contributed by atoms with E-state index < -0.39 is 0 Å². The smallest absolute Gasteiger partial charge is 0.221 e. The van der Waals surface area contributed by atoms with Gasteiger partial charge in [0.05, 0.1) is 0 Å². The van der Waals surface area contributed by atoms with Gasteiger partial charge in [0.15, 0.2) is 0 Å². The average molecular weight is 263 g/mol. The van der Waals surface area contributed by atoms with Gasteiger partial charge in [-0.05, 0) is 44.2 Å². The summed E-state index contributed by atoms with van der Waals surface area (Å²) in [4.78, 5) is 11.7. The summed E-state index contributed by atoms with van der Waals surface area (Å²) in [5, 5.41) is 2.93. The zero-order valence-corrected chi connectivity index (χ0v) is 12.0. The maximum Gasteiger partial charge on any atom is 0.221 e. The van der Waals surface area contributed by atoms with Crippen molar-refractivity contribution in [3.63, 3.8) is 0 Å². The van der Waals surface area contributed by atoms with Crippen LogP contribution in [0.25, 0.3) is 0 Å². The molecule has 1 aromatic heterocycles. The second kappa shape index (κ2) is 6.24. The predicted octanol–water partition coefficient (Wildman–Crippen LogP) is 2.05. The lowest BCUT2D eigenvalue weighted by Crippen LogP contribution is -2.26. The third-order valence-corrected chi connectivity index (χ3v) is 3.91. The van der Waals surface area contributed by atoms with Crippen LogP contribution >= 0.6 is 0 Å². The van der Waals surface area contributed by atoms with Gasteiger partial charge in [0.2, 0.25) is 5.91 Å². The van der Waals surface area contributed by atoms with Crippen molar-refractivity contribution in [1.82, 2.24) is 9.88 Å². The summed E-state index contributed by atoms with van der Waals surface area (Å²) >= 11 is 0. The van der Waals surface area contributed by atoms with Crippen molar-refractivity contribution >= 4 is 5.91 Å². The molecule has 4 nitrogen and oxygen atoms in total. The second-order valence-corrected chi connectivity index (χ2v) is 5.44. The number of hydrogen-bond acceptors (Lipinski definition) is 2. The Balaban J connectivity index is 2.03. The molecular formula is C15H25N3O. The fourth-order valence-electron chi connectivity index (χ4n) is 2.88. The predicted molar refractivity (Wildman–Crippen MR) is 77.0 cm³/mol. The molecule has 0 saturated carbocycles. The van der Waals surface area contributed by atoms with Crippen molar-refractivity contribution in [2.75, 3.05) is 6.54 Å². The van der Waals surface area contributed by atoms with E-state index in [0.29, 0.717) is 6.42 Å². The number of hydrogen-bond donors (Lipinski definition) is 2. The molecule has 1 aliphatic rings. The van der Waals surface area contributed by atoms with E-state index in [2.05, 4.69) is 29.8 Å². The highest BCUT2D eigenvalue weighted by molar-refractivity contribution is 5.75. The Kier molecular flexibility index (Phi) is 4.64. The first-order chi connectivity index (χ1) is 9.13. The van der Waals surface area contributed by atoms with E-state index in [1.165, 1.54) is 17.0 Å². The SMILES string of the molecule is CCCNC(=O)CCn1c(C)cc2c1CCCC2N. The molecule has 0 aromatic carbocycles. The Morgan fingerprint density at radius 1 is 1.58 bits per heavy atom. The van der Waals surface area contributed by atoms with Gasteiger partial charge >= 0.3 is 0 Å². The first-order valence-corrected chi connectivity index (χ1v) is 7.34. The molecule has 2 rings (SSSR count). The number of amides is 1. The van der Waals surface area contributed by atoms with Crippen molar-refractivity contribution in [2.24, 2.45) is 5.73 Å². The number of nitrogens with zero attached hydrogens (tertiary/aromatic N) is 1. The van der Waals surface area contributed by atoms with Crippen molar-refractivity contribution in [3.05, 3.63) is 23.0 Å². The van der Waals surface area contributed by atoms with Crippen LogP contribution in [0.4, 0.5) is 0 Å². The molecule has 0 bridgehead atoms. The van der Waals surface area contributed by atoms with Gasteiger partial charge in [0.25, 0.3) is 0 Å². The zero-order chi connectivity index (χ0) is 13.8. The molecule has 0 spiro atoms. The van der Waals surface area contributed by atoms with Crippen LogP contribution in [0, 0.1) is 6.92 Å². The van der Waals surface area contributed by atoms with Gasteiger partial charge in [-0.15, -0.1) is 0 Å². The topological polar surface area (TPSA) is 60.0 Å². The Bertz CT molecular complexity index is 450. The molecule has 1 aromatic rings. The fraction of sp³-hybridized carbons (Fsp3) is 0.667. The summed E-state index contributed by atoms with van der Waals surface area (Å²) in [5.74, 6) is 0.142. The molecule has 0 fully saturated rings. The third kappa shape index (κ3) is 3.18. The van der Waals surface area contributed by atoms with Crippen LogP contribution in [0.1, 0.15) is 55.6 Å². The average Bonchev–Trinajstić information content (AvgIpc) is 2.71. The minimum absolute atomic E-state index is 0.142. The Hall–Kier alpha value is -1.29. The van der Waals surface area contributed by atoms with Crippen LogP contribution in [0.2, 0.25) is 0 Å². The van der Waals surface area contributed by atoms with E-state index in [1.54, 1.807) is 0 Å². The summed E-state index contributed by atoms with van der Waals surface area (Å²) in [5.41, 5.74) is 10.0. The Labute approximate surface area is 115 Å². The zero-order valence-electron chi connectivity index (χ0n) is 12.0. The van der Waals surface area contributed by atoms with Gasteiger partial charge < -0.3 is 15.6 Å². The number of carbonyl (C=O) groups is 1. The molecule has 1 atom stereocenters. The van der Waals surface area contributed by atoms with Gasteiger partial charge in [-0.3, -0.25) is 4.79 Å². The molecule has 4 heteroatoms. The quantitative estimate of drug-likeness (QED) is 0.854. The molecule has 106 valence electrons.